The number of nitrogens with two attached hydrogens (primary N) is 1. The molecule has 2 nitrogen and oxygen atoms in total. The van der Waals surface area contributed by atoms with Gasteiger partial charge in [0.25, 0.3) is 0 Å². The predicted molar refractivity (Wildman–Crippen MR) is 60.9 cm³/mol. The van der Waals surface area contributed by atoms with Gasteiger partial charge >= 0.3 is 6.18 Å². The minimum absolute atomic E-state index is 0.0433. The van der Waals surface area contributed by atoms with Crippen LogP contribution >= 0.6 is 0 Å². The fraction of sp³-hybridized carbons (Fsp3) is 0.500. The monoisotopic (exact) mass is 247 g/mol. The Labute approximate surface area is 98.6 Å². The first-order valence-electron chi connectivity index (χ1n) is 5.31. The third-order valence-electron chi connectivity index (χ3n) is 2.50. The molecule has 0 aromatic heterocycles. The molecule has 0 saturated heterocycles. The molecule has 0 fully saturated rings. The van der Waals surface area contributed by atoms with Gasteiger partial charge in [0.1, 0.15) is 11.4 Å². The van der Waals surface area contributed by atoms with E-state index in [1.165, 1.54) is 6.07 Å². The summed E-state index contributed by atoms with van der Waals surface area (Å²) in [5.41, 5.74) is 4.17. The third kappa shape index (κ3) is 3.84. The van der Waals surface area contributed by atoms with Crippen LogP contribution in [0.2, 0.25) is 0 Å². The Kier molecular flexibility index (Phi) is 3.59. The number of alkyl halides is 3. The lowest BCUT2D eigenvalue weighted by atomic mass is 10.1. The highest BCUT2D eigenvalue weighted by atomic mass is 19.4. The van der Waals surface area contributed by atoms with Crippen LogP contribution in [0.5, 0.6) is 5.75 Å². The maximum absolute atomic E-state index is 12.6. The van der Waals surface area contributed by atoms with E-state index in [-0.39, 0.29) is 11.4 Å². The maximum atomic E-state index is 12.6. The fourth-order valence-electron chi connectivity index (χ4n) is 1.24. The van der Waals surface area contributed by atoms with Crippen LogP contribution in [0.3, 0.4) is 0 Å². The van der Waals surface area contributed by atoms with Crippen LogP contribution in [0.15, 0.2) is 18.2 Å². The molecule has 2 N–H and O–H groups in total. The average Bonchev–Trinajstić information content (AvgIpc) is 2.14. The lowest BCUT2D eigenvalue weighted by molar-refractivity contribution is -0.137. The van der Waals surface area contributed by atoms with Crippen LogP contribution in [-0.4, -0.2) is 5.60 Å². The van der Waals surface area contributed by atoms with Gasteiger partial charge in [0.05, 0.1) is 5.56 Å². The second kappa shape index (κ2) is 4.47. The molecule has 1 aromatic rings. The van der Waals surface area contributed by atoms with E-state index in [1.807, 2.05) is 20.8 Å². The Morgan fingerprint density at radius 2 is 1.76 bits per heavy atom. The van der Waals surface area contributed by atoms with Crippen LogP contribution in [0.4, 0.5) is 18.9 Å². The fourth-order valence-corrected chi connectivity index (χ4v) is 1.24. The van der Waals surface area contributed by atoms with Crippen molar-refractivity contribution in [2.45, 2.75) is 39.0 Å². The van der Waals surface area contributed by atoms with Crippen LogP contribution in [0.1, 0.15) is 32.8 Å². The molecule has 0 amide bonds. The first-order valence-corrected chi connectivity index (χ1v) is 5.31. The number of rotatable bonds is 3. The summed E-state index contributed by atoms with van der Waals surface area (Å²) in [5.74, 6) is 0.143. The van der Waals surface area contributed by atoms with Crippen molar-refractivity contribution in [1.82, 2.24) is 0 Å². The number of halogens is 3. The molecule has 96 valence electrons. The van der Waals surface area contributed by atoms with Crippen LogP contribution < -0.4 is 10.5 Å². The molecule has 1 rings (SSSR count). The molecular weight excluding hydrogens is 231 g/mol. The number of nitrogen functional groups attached to an aromatic ring is 1. The topological polar surface area (TPSA) is 35.2 Å². The zero-order valence-corrected chi connectivity index (χ0v) is 10.1. The molecule has 17 heavy (non-hydrogen) atoms. The van der Waals surface area contributed by atoms with Crippen molar-refractivity contribution < 1.29 is 17.9 Å². The Hall–Kier alpha value is -1.39. The largest absolute Gasteiger partial charge is 0.488 e. The van der Waals surface area contributed by atoms with E-state index in [2.05, 4.69) is 0 Å². The van der Waals surface area contributed by atoms with Crippen molar-refractivity contribution >= 4 is 5.69 Å². The summed E-state index contributed by atoms with van der Waals surface area (Å²) >= 11 is 0. The van der Waals surface area contributed by atoms with Gasteiger partial charge in [-0.05, 0) is 32.4 Å². The van der Waals surface area contributed by atoms with Crippen molar-refractivity contribution in [3.05, 3.63) is 23.8 Å². The summed E-state index contributed by atoms with van der Waals surface area (Å²) in [7, 11) is 0. The molecule has 0 unspecified atom stereocenters. The first kappa shape index (κ1) is 13.7. The van der Waals surface area contributed by atoms with E-state index in [0.29, 0.717) is 6.42 Å². The smallest absolute Gasteiger partial charge is 0.416 e. The summed E-state index contributed by atoms with van der Waals surface area (Å²) in [6.07, 6.45) is -3.73. The average molecular weight is 247 g/mol. The summed E-state index contributed by atoms with van der Waals surface area (Å²) < 4.78 is 43.1. The SMILES string of the molecule is CCC(C)(C)Oc1cc(N)cc(C(F)(F)F)c1. The van der Waals surface area contributed by atoms with Crippen LogP contribution in [0, 0.1) is 0 Å². The van der Waals surface area contributed by atoms with E-state index < -0.39 is 17.3 Å². The minimum Gasteiger partial charge on any atom is -0.488 e. The second-order valence-electron chi connectivity index (χ2n) is 4.50. The van der Waals surface area contributed by atoms with Gasteiger partial charge in [0, 0.05) is 11.8 Å². The highest BCUT2D eigenvalue weighted by molar-refractivity contribution is 5.48. The first-order chi connectivity index (χ1) is 7.64. The molecule has 0 bridgehead atoms. The number of anilines is 1. The Morgan fingerprint density at radius 3 is 2.24 bits per heavy atom. The number of hydrogen-bond acceptors (Lipinski definition) is 2. The van der Waals surface area contributed by atoms with E-state index in [4.69, 9.17) is 10.5 Å². The molecule has 1 aromatic carbocycles. The molecule has 0 aliphatic carbocycles. The quantitative estimate of drug-likeness (QED) is 0.823. The minimum atomic E-state index is -4.41. The van der Waals surface area contributed by atoms with E-state index in [0.717, 1.165) is 12.1 Å². The van der Waals surface area contributed by atoms with Crippen molar-refractivity contribution in [3.8, 4) is 5.75 Å². The lowest BCUT2D eigenvalue weighted by Gasteiger charge is -2.25. The van der Waals surface area contributed by atoms with E-state index in [9.17, 15) is 13.2 Å². The normalized spacial score (nSPS) is 12.6. The van der Waals surface area contributed by atoms with Gasteiger partial charge in [-0.3, -0.25) is 0 Å². The zero-order valence-electron chi connectivity index (χ0n) is 10.1. The molecule has 0 aliphatic rings. The maximum Gasteiger partial charge on any atom is 0.416 e. The number of ether oxygens (including phenoxy) is 1. The molecule has 0 heterocycles. The van der Waals surface area contributed by atoms with Crippen molar-refractivity contribution in [1.29, 1.82) is 0 Å². The number of hydrogen-bond donors (Lipinski definition) is 1. The molecule has 0 atom stereocenters. The Balaban J connectivity index is 3.06. The van der Waals surface area contributed by atoms with Crippen molar-refractivity contribution in [3.63, 3.8) is 0 Å². The molecule has 0 aliphatic heterocycles. The molecule has 0 saturated carbocycles. The summed E-state index contributed by atoms with van der Waals surface area (Å²) in [6.45, 7) is 5.52. The van der Waals surface area contributed by atoms with Crippen LogP contribution in [-0.2, 0) is 6.18 Å². The predicted octanol–water partition coefficient (Wildman–Crippen LogP) is 3.86. The van der Waals surface area contributed by atoms with Gasteiger partial charge in [0.15, 0.2) is 0 Å². The third-order valence-corrected chi connectivity index (χ3v) is 2.50. The molecule has 0 radical (unpaired) electrons. The summed E-state index contributed by atoms with van der Waals surface area (Å²) in [4.78, 5) is 0. The second-order valence-corrected chi connectivity index (χ2v) is 4.50. The van der Waals surface area contributed by atoms with Crippen molar-refractivity contribution in [2.24, 2.45) is 0 Å². The van der Waals surface area contributed by atoms with Gasteiger partial charge in [-0.15, -0.1) is 0 Å². The Morgan fingerprint density at radius 1 is 1.18 bits per heavy atom. The highest BCUT2D eigenvalue weighted by Crippen LogP contribution is 2.34. The van der Waals surface area contributed by atoms with E-state index in [1.54, 1.807) is 0 Å². The highest BCUT2D eigenvalue weighted by Gasteiger charge is 2.31. The van der Waals surface area contributed by atoms with Gasteiger partial charge in [-0.25, -0.2) is 0 Å². The van der Waals surface area contributed by atoms with Gasteiger partial charge < -0.3 is 10.5 Å². The van der Waals surface area contributed by atoms with Crippen molar-refractivity contribution in [2.75, 3.05) is 5.73 Å². The van der Waals surface area contributed by atoms with Crippen LogP contribution in [0.25, 0.3) is 0 Å². The molecule has 5 heteroatoms. The van der Waals surface area contributed by atoms with Gasteiger partial charge in [0.2, 0.25) is 0 Å². The van der Waals surface area contributed by atoms with Gasteiger partial charge in [-0.1, -0.05) is 6.92 Å². The lowest BCUT2D eigenvalue weighted by Crippen LogP contribution is -2.27. The Bertz CT molecular complexity index is 399. The van der Waals surface area contributed by atoms with E-state index >= 15 is 0 Å². The summed E-state index contributed by atoms with van der Waals surface area (Å²) in [6, 6.07) is 3.26. The summed E-state index contributed by atoms with van der Waals surface area (Å²) in [5, 5.41) is 0. The standard InChI is InChI=1S/C12H16F3NO/c1-4-11(2,3)17-10-6-8(12(13,14)15)5-9(16)7-10/h5-7H,4,16H2,1-3H3. The zero-order chi connectivity index (χ0) is 13.3. The van der Waals surface area contributed by atoms with Gasteiger partial charge in [-0.2, -0.15) is 13.2 Å². The number of benzene rings is 1. The molecule has 0 spiro atoms. The molecular formula is C12H16F3NO.